The van der Waals surface area contributed by atoms with Crippen LogP contribution in [0.15, 0.2) is 233 Å². The molecule has 0 unspecified atom stereocenters. The molecule has 0 atom stereocenters. The quantitative estimate of drug-likeness (QED) is 0.0307. The van der Waals surface area contributed by atoms with Crippen LogP contribution in [0.2, 0.25) is 10.0 Å². The van der Waals surface area contributed by atoms with Crippen molar-refractivity contribution in [2.75, 3.05) is 52.4 Å². The number of aliphatic imine (C=N–C) groups is 4. The molecule has 556 valence electrons. The Kier molecular flexibility index (Phi) is 22.5. The van der Waals surface area contributed by atoms with Crippen molar-refractivity contribution in [1.82, 2.24) is 60.4 Å². The molecule has 4 aliphatic heterocycles. The minimum Gasteiger partial charge on any atom is -0.353 e. The van der Waals surface area contributed by atoms with Crippen molar-refractivity contribution in [2.24, 2.45) is 20.0 Å². The molecule has 0 aliphatic carbocycles. The van der Waals surface area contributed by atoms with E-state index in [1.54, 1.807) is 84.9 Å². The number of aromatic nitrogens is 8. The molecule has 12 aromatic rings. The normalized spacial score (nSPS) is 13.6. The van der Waals surface area contributed by atoms with Gasteiger partial charge in [-0.05, 0) is 149 Å². The Morgan fingerprint density at radius 1 is 0.376 bits per heavy atom. The molecule has 0 saturated carbocycles. The number of rotatable bonds is 13. The molecule has 0 fully saturated rings. The molecule has 23 nitrogen and oxygen atoms in total. The van der Waals surface area contributed by atoms with Crippen LogP contribution in [0.5, 0.6) is 0 Å². The molecule has 8 aromatic carbocycles. The summed E-state index contributed by atoms with van der Waals surface area (Å²) in [6.45, 7) is 4.94. The van der Waals surface area contributed by atoms with E-state index in [0.29, 0.717) is 161 Å². The number of hydrogen-bond donors (Lipinski definition) is 8. The molecule has 0 amide bonds. The molecular weight excluding hydrogens is 1460 g/mol. The Balaban J connectivity index is 0.000000128. The topological polar surface area (TPSA) is 292 Å². The molecule has 0 saturated heterocycles. The number of nitrogens with one attached hydrogen (secondary N) is 8. The van der Waals surface area contributed by atoms with Crippen molar-refractivity contribution in [3.05, 3.63) is 329 Å². The Morgan fingerprint density at radius 3 is 0.899 bits per heavy atom. The van der Waals surface area contributed by atoms with Crippen molar-refractivity contribution >= 4 is 52.7 Å². The molecule has 4 aromatic heterocycles. The number of nitro benzene ring substituents is 1. The van der Waals surface area contributed by atoms with E-state index < -0.39 is 16.7 Å². The van der Waals surface area contributed by atoms with Crippen LogP contribution in [0.3, 0.4) is 0 Å². The lowest BCUT2D eigenvalue weighted by Crippen LogP contribution is -2.34. The largest absolute Gasteiger partial charge is 0.416 e. The first-order valence-electron chi connectivity index (χ1n) is 34.0. The van der Waals surface area contributed by atoms with Gasteiger partial charge in [-0.2, -0.15) is 31.9 Å². The predicted molar refractivity (Wildman–Crippen MR) is 403 cm³/mol. The van der Waals surface area contributed by atoms with Crippen LogP contribution < -0.4 is 43.5 Å². The highest BCUT2D eigenvalue weighted by Gasteiger charge is 2.31. The number of nitrogens with zero attached hydrogens (tertiary/aromatic N) is 9. The lowest BCUT2D eigenvalue weighted by molar-refractivity contribution is -0.384. The maximum Gasteiger partial charge on any atom is 0.416 e. The van der Waals surface area contributed by atoms with Gasteiger partial charge >= 0.3 is 6.18 Å². The SMILES string of the molecule is O=c1c(Cc2ccc(F)cc2)c(-c2ccc(F)cc2)[nH]n1C1=NCCN1.O=c1c(Cc2ccc(F)cc2)c(-c2ccc([N+](=O)[O-])cc2)[nH]n1C1=NCCN1.O=c1c(Cc2cccc(Cl)c2)c(-c2ccc(C(F)(F)F)cc2)[nH]n1C1=NCCN1.O=c1c(Cc2cccc(Cl)c2)c(-c2ccc(F)cc2)[nH]n1C1=NCCN1. The van der Waals surface area contributed by atoms with Crippen LogP contribution in [-0.4, -0.2) is 120 Å². The Bertz CT molecular complexity index is 5700. The molecule has 0 bridgehead atoms. The summed E-state index contributed by atoms with van der Waals surface area (Å²) in [6.07, 6.45) is -3.15. The van der Waals surface area contributed by atoms with Crippen LogP contribution in [0.4, 0.5) is 36.4 Å². The highest BCUT2D eigenvalue weighted by molar-refractivity contribution is 6.31. The summed E-state index contributed by atoms with van der Waals surface area (Å²) in [7, 11) is 0. The fourth-order valence-electron chi connectivity index (χ4n) is 12.4. The second kappa shape index (κ2) is 32.9. The molecular formula is C77H64Cl2F7N17O6. The molecule has 32 heteroatoms. The zero-order chi connectivity index (χ0) is 76.5. The number of aromatic amines is 4. The van der Waals surface area contributed by atoms with Crippen molar-refractivity contribution in [1.29, 1.82) is 0 Å². The maximum atomic E-state index is 13.3. The molecule has 8 heterocycles. The van der Waals surface area contributed by atoms with E-state index in [0.717, 1.165) is 39.9 Å². The van der Waals surface area contributed by atoms with Crippen LogP contribution >= 0.6 is 23.2 Å². The van der Waals surface area contributed by atoms with E-state index in [4.69, 9.17) is 23.2 Å². The van der Waals surface area contributed by atoms with Crippen molar-refractivity contribution in [2.45, 2.75) is 31.9 Å². The molecule has 4 aliphatic rings. The Labute approximate surface area is 624 Å². The number of non-ortho nitro benzene ring substituents is 1. The zero-order valence-corrected chi connectivity index (χ0v) is 58.8. The summed E-state index contributed by atoms with van der Waals surface area (Å²) < 4.78 is 97.1. The highest BCUT2D eigenvalue weighted by Crippen LogP contribution is 2.33. The van der Waals surface area contributed by atoms with E-state index in [2.05, 4.69) is 61.6 Å². The smallest absolute Gasteiger partial charge is 0.353 e. The van der Waals surface area contributed by atoms with Crippen molar-refractivity contribution in [3.63, 3.8) is 0 Å². The first-order valence-corrected chi connectivity index (χ1v) is 34.8. The standard InChI is InChI=1S/C20H16ClF3N4O.C19H16ClFN4O.C19H16F2N4O.C19H16FN5O3/c21-15-3-1-2-12(10-15)11-16-17(13-4-6-14(7-5-13)20(22,23)24)27-28(18(16)29)19-25-8-9-26-19;20-14-3-1-2-12(10-14)11-16-17(13-4-6-15(21)7-5-13)24-25(18(16)26)19-22-8-9-23-19;20-14-5-1-12(2-6-14)11-16-17(13-3-7-15(21)8-4-13)24-25(18(16)26)19-22-9-10-23-19;20-14-5-1-12(2-6-14)11-16-17(13-3-7-15(8-4-13)25(27)28)23-24(18(16)26)19-21-9-10-22-19/h1-7,10,27H,8-9,11H2,(H,25,26);1-7,10,24H,8-9,11H2,(H,22,23);1-8,24H,9-11H2,(H,22,23);1-8,23H,9-11H2,(H,21,22). The fourth-order valence-corrected chi connectivity index (χ4v) is 12.8. The van der Waals surface area contributed by atoms with E-state index >= 15 is 0 Å². The average Bonchev–Trinajstić information content (AvgIpc) is 1.66. The number of alkyl halides is 3. The third-order valence-corrected chi connectivity index (χ3v) is 18.2. The molecule has 0 spiro atoms. The first-order chi connectivity index (χ1) is 52.6. The maximum absolute atomic E-state index is 13.3. The third kappa shape index (κ3) is 17.5. The highest BCUT2D eigenvalue weighted by atomic mass is 35.5. The Hall–Kier alpha value is -12.8. The monoisotopic (exact) mass is 1530 g/mol. The average molecular weight is 1530 g/mol. The molecule has 16 rings (SSSR count). The van der Waals surface area contributed by atoms with Gasteiger partial charge in [0.15, 0.2) is 0 Å². The second-order valence-corrected chi connectivity index (χ2v) is 25.9. The van der Waals surface area contributed by atoms with E-state index in [1.807, 2.05) is 24.3 Å². The van der Waals surface area contributed by atoms with E-state index in [1.165, 1.54) is 91.5 Å². The minimum absolute atomic E-state index is 0.0348. The number of halogens is 9. The predicted octanol–water partition coefficient (Wildman–Crippen LogP) is 11.8. The van der Waals surface area contributed by atoms with Gasteiger partial charge in [-0.1, -0.05) is 83.9 Å². The number of benzene rings is 8. The summed E-state index contributed by atoms with van der Waals surface area (Å²) in [6, 6.07) is 49.1. The van der Waals surface area contributed by atoms with Gasteiger partial charge in [0.1, 0.15) is 23.3 Å². The number of H-pyrrole nitrogens is 4. The van der Waals surface area contributed by atoms with Crippen LogP contribution in [0, 0.1) is 33.4 Å². The lowest BCUT2D eigenvalue weighted by atomic mass is 10.0. The summed E-state index contributed by atoms with van der Waals surface area (Å²) in [5.74, 6) is 0.420. The molecule has 8 N–H and O–H groups in total. The number of nitro groups is 1. The number of hydrogen-bond acceptors (Lipinski definition) is 14. The summed E-state index contributed by atoms with van der Waals surface area (Å²) >= 11 is 12.1. The zero-order valence-electron chi connectivity index (χ0n) is 57.3. The Morgan fingerprint density at radius 2 is 0.642 bits per heavy atom. The van der Waals surface area contributed by atoms with E-state index in [9.17, 15) is 60.0 Å². The van der Waals surface area contributed by atoms with Gasteiger partial charge in [0.2, 0.25) is 23.8 Å². The third-order valence-electron chi connectivity index (χ3n) is 17.7. The van der Waals surface area contributed by atoms with Crippen molar-refractivity contribution < 1.29 is 35.7 Å². The molecule has 0 radical (unpaired) electrons. The van der Waals surface area contributed by atoms with Gasteiger partial charge in [0.25, 0.3) is 27.9 Å². The van der Waals surface area contributed by atoms with Gasteiger partial charge in [-0.15, -0.1) is 0 Å². The van der Waals surface area contributed by atoms with Gasteiger partial charge < -0.3 is 21.3 Å². The van der Waals surface area contributed by atoms with Crippen LogP contribution in [-0.2, 0) is 31.9 Å². The fraction of sp³-hybridized carbons (Fsp3) is 0.169. The van der Waals surface area contributed by atoms with Gasteiger partial charge in [-0.3, -0.25) is 49.7 Å². The summed E-state index contributed by atoms with van der Waals surface area (Å²) in [5.41, 5.74) is 8.27. The van der Waals surface area contributed by atoms with Gasteiger partial charge in [0.05, 0.1) is 59.4 Å². The first kappa shape index (κ1) is 74.4. The van der Waals surface area contributed by atoms with Crippen LogP contribution in [0.25, 0.3) is 45.0 Å². The summed E-state index contributed by atoms with van der Waals surface area (Å²) in [4.78, 5) is 79.6. The van der Waals surface area contributed by atoms with E-state index in [-0.39, 0.29) is 64.0 Å². The van der Waals surface area contributed by atoms with Gasteiger partial charge in [-0.25, -0.2) is 37.5 Å². The molecule has 109 heavy (non-hydrogen) atoms. The van der Waals surface area contributed by atoms with Gasteiger partial charge in [0, 0.05) is 113 Å². The summed E-state index contributed by atoms with van der Waals surface area (Å²) in [5, 5.41) is 36.5. The lowest BCUT2D eigenvalue weighted by Gasteiger charge is -2.08. The van der Waals surface area contributed by atoms with Crippen molar-refractivity contribution in [3.8, 4) is 45.0 Å². The van der Waals surface area contributed by atoms with Crippen LogP contribution in [0.1, 0.15) is 50.1 Å². The minimum atomic E-state index is -4.43. The second-order valence-electron chi connectivity index (χ2n) is 25.1.